The lowest BCUT2D eigenvalue weighted by atomic mass is 9.86. The Morgan fingerprint density at radius 1 is 1.00 bits per heavy atom. The fraction of sp³-hybridized carbons (Fsp3) is 0.333. The molecule has 2 aromatic rings. The minimum absolute atomic E-state index is 0.206. The van der Waals surface area contributed by atoms with E-state index in [2.05, 4.69) is 39.1 Å². The summed E-state index contributed by atoms with van der Waals surface area (Å²) in [5, 5.41) is 3.79. The number of aryl methyl sites for hydroxylation is 2. The highest BCUT2D eigenvalue weighted by Crippen LogP contribution is 2.33. The van der Waals surface area contributed by atoms with Crippen molar-refractivity contribution in [3.63, 3.8) is 0 Å². The maximum absolute atomic E-state index is 14.3. The smallest absolute Gasteiger partial charge is 0.128 e. The summed E-state index contributed by atoms with van der Waals surface area (Å²) in [6, 6.07) is 6.68. The quantitative estimate of drug-likeness (QED) is 0.839. The highest BCUT2D eigenvalue weighted by molar-refractivity contribution is 6.30. The van der Waals surface area contributed by atoms with E-state index >= 15 is 0 Å². The lowest BCUT2D eigenvalue weighted by Gasteiger charge is -2.25. The zero-order valence-corrected chi connectivity index (χ0v) is 13.9. The largest absolute Gasteiger partial charge is 0.309 e. The molecule has 1 unspecified atom stereocenters. The molecule has 1 nitrogen and oxygen atoms in total. The first-order valence-electron chi connectivity index (χ1n) is 7.06. The van der Waals surface area contributed by atoms with Gasteiger partial charge in [-0.1, -0.05) is 17.7 Å². The number of hydrogen-bond acceptors (Lipinski definition) is 1. The van der Waals surface area contributed by atoms with Crippen LogP contribution in [0.1, 0.15) is 39.4 Å². The van der Waals surface area contributed by atoms with E-state index in [-0.39, 0.29) is 11.9 Å². The third-order valence-corrected chi connectivity index (χ3v) is 4.51. The summed E-state index contributed by atoms with van der Waals surface area (Å²) in [4.78, 5) is 0. The Morgan fingerprint density at radius 3 is 2.10 bits per heavy atom. The van der Waals surface area contributed by atoms with Gasteiger partial charge in [-0.25, -0.2) is 4.39 Å². The summed E-state index contributed by atoms with van der Waals surface area (Å²) in [7, 11) is 1.85. The molecule has 3 heteroatoms. The molecular weight excluding hydrogens is 285 g/mol. The topological polar surface area (TPSA) is 12.0 Å². The highest BCUT2D eigenvalue weighted by atomic mass is 35.5. The number of nitrogens with one attached hydrogen (secondary N) is 1. The zero-order chi connectivity index (χ0) is 15.7. The molecule has 21 heavy (non-hydrogen) atoms. The van der Waals surface area contributed by atoms with Crippen molar-refractivity contribution in [2.45, 2.75) is 33.7 Å². The van der Waals surface area contributed by atoms with Crippen LogP contribution in [0.15, 0.2) is 24.3 Å². The lowest BCUT2D eigenvalue weighted by Crippen LogP contribution is -2.22. The van der Waals surface area contributed by atoms with Crippen LogP contribution < -0.4 is 5.32 Å². The second kappa shape index (κ2) is 6.17. The molecule has 2 rings (SSSR count). The molecule has 0 heterocycles. The Bertz CT molecular complexity index is 653. The summed E-state index contributed by atoms with van der Waals surface area (Å²) in [6.45, 7) is 8.35. The van der Waals surface area contributed by atoms with Crippen molar-refractivity contribution >= 4 is 11.6 Å². The van der Waals surface area contributed by atoms with E-state index in [1.807, 2.05) is 7.05 Å². The monoisotopic (exact) mass is 305 g/mol. The van der Waals surface area contributed by atoms with Gasteiger partial charge in [0.15, 0.2) is 0 Å². The molecule has 1 atom stereocenters. The van der Waals surface area contributed by atoms with Crippen LogP contribution in [0.5, 0.6) is 0 Å². The number of benzene rings is 2. The molecule has 112 valence electrons. The van der Waals surface area contributed by atoms with Crippen LogP contribution in [-0.4, -0.2) is 7.05 Å². The molecule has 0 spiro atoms. The average Bonchev–Trinajstić information content (AvgIpc) is 2.44. The van der Waals surface area contributed by atoms with Crippen LogP contribution in [-0.2, 0) is 0 Å². The molecular formula is C18H21ClFN. The normalized spacial score (nSPS) is 12.5. The second-order valence-electron chi connectivity index (χ2n) is 5.56. The van der Waals surface area contributed by atoms with E-state index < -0.39 is 0 Å². The van der Waals surface area contributed by atoms with Gasteiger partial charge in [-0.05, 0) is 80.8 Å². The van der Waals surface area contributed by atoms with Crippen LogP contribution in [0, 0.1) is 33.5 Å². The third-order valence-electron chi connectivity index (χ3n) is 4.27. The Kier molecular flexibility index (Phi) is 4.70. The molecule has 2 aromatic carbocycles. The van der Waals surface area contributed by atoms with Crippen molar-refractivity contribution in [3.8, 4) is 0 Å². The van der Waals surface area contributed by atoms with E-state index in [4.69, 9.17) is 11.6 Å². The van der Waals surface area contributed by atoms with Gasteiger partial charge in [-0.2, -0.15) is 0 Å². The van der Waals surface area contributed by atoms with Crippen molar-refractivity contribution in [3.05, 3.63) is 68.5 Å². The molecule has 0 saturated carbocycles. The Balaban J connectivity index is 2.70. The van der Waals surface area contributed by atoms with Crippen molar-refractivity contribution < 1.29 is 4.39 Å². The molecule has 0 saturated heterocycles. The van der Waals surface area contributed by atoms with Gasteiger partial charge in [0.1, 0.15) is 5.82 Å². The van der Waals surface area contributed by atoms with Crippen molar-refractivity contribution in [1.29, 1.82) is 0 Å². The van der Waals surface area contributed by atoms with E-state index in [1.54, 1.807) is 12.1 Å². The molecule has 0 aliphatic rings. The van der Waals surface area contributed by atoms with Gasteiger partial charge >= 0.3 is 0 Å². The first-order chi connectivity index (χ1) is 9.86. The standard InChI is InChI=1S/C18H21ClFN/c1-10-8-11(2)13(4)17(12(10)3)18(21-5)15-9-14(19)6-7-16(15)20/h6-9,18,21H,1-5H3. The number of hydrogen-bond donors (Lipinski definition) is 1. The SMILES string of the molecule is CNC(c1cc(Cl)ccc1F)c1c(C)c(C)cc(C)c1C. The fourth-order valence-corrected chi connectivity index (χ4v) is 3.05. The highest BCUT2D eigenvalue weighted by Gasteiger charge is 2.22. The molecule has 0 aromatic heterocycles. The molecule has 0 bridgehead atoms. The van der Waals surface area contributed by atoms with Gasteiger partial charge in [-0.15, -0.1) is 0 Å². The van der Waals surface area contributed by atoms with E-state index in [0.29, 0.717) is 10.6 Å². The van der Waals surface area contributed by atoms with Crippen LogP contribution in [0.2, 0.25) is 5.02 Å². The Labute approximate surface area is 131 Å². The van der Waals surface area contributed by atoms with Gasteiger partial charge < -0.3 is 5.32 Å². The zero-order valence-electron chi connectivity index (χ0n) is 13.1. The summed E-state index contributed by atoms with van der Waals surface area (Å²) < 4.78 is 14.3. The summed E-state index contributed by atoms with van der Waals surface area (Å²) in [6.07, 6.45) is 0. The molecule has 0 aliphatic heterocycles. The van der Waals surface area contributed by atoms with Crippen molar-refractivity contribution in [1.82, 2.24) is 5.32 Å². The summed E-state index contributed by atoms with van der Waals surface area (Å²) in [5.41, 5.74) is 6.54. The molecule has 1 N–H and O–H groups in total. The van der Waals surface area contributed by atoms with Crippen molar-refractivity contribution in [2.75, 3.05) is 7.05 Å². The minimum atomic E-state index is -0.239. The molecule has 0 radical (unpaired) electrons. The van der Waals surface area contributed by atoms with E-state index in [1.165, 1.54) is 28.3 Å². The average molecular weight is 306 g/mol. The first kappa shape index (κ1) is 16.0. The third kappa shape index (κ3) is 2.97. The van der Waals surface area contributed by atoms with Crippen LogP contribution in [0.3, 0.4) is 0 Å². The van der Waals surface area contributed by atoms with Gasteiger partial charge in [0, 0.05) is 10.6 Å². The molecule has 0 amide bonds. The summed E-state index contributed by atoms with van der Waals surface area (Å²) in [5.74, 6) is -0.239. The van der Waals surface area contributed by atoms with Gasteiger partial charge in [-0.3, -0.25) is 0 Å². The van der Waals surface area contributed by atoms with E-state index in [0.717, 1.165) is 5.56 Å². The lowest BCUT2D eigenvalue weighted by molar-refractivity contribution is 0.574. The van der Waals surface area contributed by atoms with Gasteiger partial charge in [0.25, 0.3) is 0 Å². The maximum atomic E-state index is 14.3. The number of halogens is 2. The van der Waals surface area contributed by atoms with Crippen LogP contribution >= 0.6 is 11.6 Å². The minimum Gasteiger partial charge on any atom is -0.309 e. The maximum Gasteiger partial charge on any atom is 0.128 e. The molecule has 0 fully saturated rings. The second-order valence-corrected chi connectivity index (χ2v) is 6.00. The Morgan fingerprint density at radius 2 is 1.57 bits per heavy atom. The van der Waals surface area contributed by atoms with E-state index in [9.17, 15) is 4.39 Å². The molecule has 0 aliphatic carbocycles. The Hall–Kier alpha value is -1.38. The fourth-order valence-electron chi connectivity index (χ4n) is 2.87. The van der Waals surface area contributed by atoms with Gasteiger partial charge in [0.2, 0.25) is 0 Å². The number of rotatable bonds is 3. The van der Waals surface area contributed by atoms with Crippen LogP contribution in [0.4, 0.5) is 4.39 Å². The predicted octanol–water partition coefficient (Wildman–Crippen LogP) is 5.02. The van der Waals surface area contributed by atoms with Crippen LogP contribution in [0.25, 0.3) is 0 Å². The van der Waals surface area contributed by atoms with Crippen molar-refractivity contribution in [2.24, 2.45) is 0 Å². The van der Waals surface area contributed by atoms with Gasteiger partial charge in [0.05, 0.1) is 6.04 Å². The first-order valence-corrected chi connectivity index (χ1v) is 7.44. The predicted molar refractivity (Wildman–Crippen MR) is 87.7 cm³/mol. The summed E-state index contributed by atoms with van der Waals surface area (Å²) >= 11 is 6.05.